The van der Waals surface area contributed by atoms with Gasteiger partial charge in [0.2, 0.25) is 0 Å². The van der Waals surface area contributed by atoms with Gasteiger partial charge in [0.1, 0.15) is 11.0 Å². The van der Waals surface area contributed by atoms with Crippen molar-refractivity contribution in [3.8, 4) is 0 Å². The largest absolute Gasteiger partial charge is 0.299 e. The minimum Gasteiger partial charge on any atom is -0.299 e. The van der Waals surface area contributed by atoms with Gasteiger partial charge < -0.3 is 0 Å². The van der Waals surface area contributed by atoms with Crippen LogP contribution in [0.3, 0.4) is 0 Å². The molecule has 6 heteroatoms. The molecule has 0 amide bonds. The van der Waals surface area contributed by atoms with Crippen LogP contribution in [0.4, 0.5) is 0 Å². The van der Waals surface area contributed by atoms with Crippen LogP contribution in [-0.2, 0) is 13.0 Å². The number of aromatic nitrogens is 4. The Hall–Kier alpha value is -2.34. The smallest absolute Gasteiger partial charge is 0.139 e. The first-order valence-corrected chi connectivity index (χ1v) is 6.89. The van der Waals surface area contributed by atoms with Crippen LogP contribution in [0, 0.1) is 0 Å². The topological polar surface area (TPSA) is 67.9 Å². The van der Waals surface area contributed by atoms with E-state index in [1.807, 2.05) is 18.3 Å². The first kappa shape index (κ1) is 13.6. The quantitative estimate of drug-likeness (QED) is 0.714. The van der Waals surface area contributed by atoms with E-state index in [4.69, 9.17) is 4.63 Å². The van der Waals surface area contributed by atoms with Gasteiger partial charge in [0.05, 0.1) is 5.69 Å². The van der Waals surface area contributed by atoms with Crippen LogP contribution in [-0.4, -0.2) is 38.3 Å². The second kappa shape index (κ2) is 5.97. The highest BCUT2D eigenvalue weighted by Crippen LogP contribution is 2.17. The molecule has 0 saturated heterocycles. The number of nitrogens with zero attached hydrogens (tertiary/aromatic N) is 5. The zero-order valence-corrected chi connectivity index (χ0v) is 12.1. The molecule has 0 saturated carbocycles. The average Bonchev–Trinajstić information content (AvgIpc) is 2.98. The monoisotopic (exact) mass is 283 g/mol. The number of likely N-dealkylation sites (N-methyl/N-ethyl adjacent to an activating group) is 1. The lowest BCUT2D eigenvalue weighted by Crippen LogP contribution is -2.30. The zero-order chi connectivity index (χ0) is 14.7. The predicted octanol–water partition coefficient (Wildman–Crippen LogP) is 2.08. The molecule has 3 aromatic rings. The molecule has 0 aliphatic rings. The fraction of sp³-hybridized carbons (Fsp3) is 0.333. The van der Waals surface area contributed by atoms with Crippen molar-refractivity contribution in [2.45, 2.75) is 25.9 Å². The van der Waals surface area contributed by atoms with Crippen LogP contribution < -0.4 is 0 Å². The molecule has 0 aliphatic carbocycles. The maximum Gasteiger partial charge on any atom is 0.139 e. The Balaban J connectivity index is 1.71. The second-order valence-electron chi connectivity index (χ2n) is 5.21. The van der Waals surface area contributed by atoms with Gasteiger partial charge in [-0.05, 0) is 35.9 Å². The third kappa shape index (κ3) is 3.05. The maximum absolute atomic E-state index is 4.81. The van der Waals surface area contributed by atoms with Crippen molar-refractivity contribution < 1.29 is 4.63 Å². The molecule has 1 atom stereocenters. The summed E-state index contributed by atoms with van der Waals surface area (Å²) in [6.45, 7) is 2.96. The van der Waals surface area contributed by atoms with E-state index in [-0.39, 0.29) is 0 Å². The SMILES string of the molecule is C[C@H](Cc1cnccn1)N(C)Cc1cccc2nonc12. The molecule has 0 N–H and O–H groups in total. The Morgan fingerprint density at radius 3 is 2.95 bits per heavy atom. The molecule has 0 radical (unpaired) electrons. The van der Waals surface area contributed by atoms with Gasteiger partial charge >= 0.3 is 0 Å². The molecular formula is C15H17N5O. The van der Waals surface area contributed by atoms with Crippen molar-refractivity contribution in [1.82, 2.24) is 25.2 Å². The van der Waals surface area contributed by atoms with Gasteiger partial charge in [-0.3, -0.25) is 14.9 Å². The normalized spacial score (nSPS) is 12.9. The fourth-order valence-corrected chi connectivity index (χ4v) is 2.31. The van der Waals surface area contributed by atoms with E-state index in [1.165, 1.54) is 0 Å². The van der Waals surface area contributed by atoms with Gasteiger partial charge in [0.25, 0.3) is 0 Å². The third-order valence-electron chi connectivity index (χ3n) is 3.66. The van der Waals surface area contributed by atoms with Crippen LogP contribution in [0.25, 0.3) is 11.0 Å². The van der Waals surface area contributed by atoms with E-state index in [0.717, 1.165) is 35.3 Å². The molecule has 108 valence electrons. The highest BCUT2D eigenvalue weighted by molar-refractivity contribution is 5.76. The summed E-state index contributed by atoms with van der Waals surface area (Å²) >= 11 is 0. The van der Waals surface area contributed by atoms with Crippen LogP contribution in [0.2, 0.25) is 0 Å². The molecule has 6 nitrogen and oxygen atoms in total. The number of hydrogen-bond donors (Lipinski definition) is 0. The van der Waals surface area contributed by atoms with Crippen LogP contribution in [0.1, 0.15) is 18.2 Å². The van der Waals surface area contributed by atoms with E-state index >= 15 is 0 Å². The van der Waals surface area contributed by atoms with Gasteiger partial charge in [0.15, 0.2) is 0 Å². The van der Waals surface area contributed by atoms with Crippen molar-refractivity contribution in [3.05, 3.63) is 48.0 Å². The van der Waals surface area contributed by atoms with E-state index < -0.39 is 0 Å². The summed E-state index contributed by atoms with van der Waals surface area (Å²) in [6.07, 6.45) is 6.09. The van der Waals surface area contributed by atoms with Crippen LogP contribution in [0.5, 0.6) is 0 Å². The molecule has 0 fully saturated rings. The van der Waals surface area contributed by atoms with Gasteiger partial charge in [-0.1, -0.05) is 12.1 Å². The Kier molecular flexibility index (Phi) is 3.87. The summed E-state index contributed by atoms with van der Waals surface area (Å²) in [5.74, 6) is 0. The number of fused-ring (bicyclic) bond motifs is 1. The highest BCUT2D eigenvalue weighted by atomic mass is 16.6. The molecule has 0 unspecified atom stereocenters. The second-order valence-corrected chi connectivity index (χ2v) is 5.21. The van der Waals surface area contributed by atoms with Gasteiger partial charge in [0, 0.05) is 37.6 Å². The summed E-state index contributed by atoms with van der Waals surface area (Å²) < 4.78 is 4.81. The summed E-state index contributed by atoms with van der Waals surface area (Å²) in [4.78, 5) is 10.7. The lowest BCUT2D eigenvalue weighted by atomic mass is 10.1. The third-order valence-corrected chi connectivity index (χ3v) is 3.66. The minimum absolute atomic E-state index is 0.344. The highest BCUT2D eigenvalue weighted by Gasteiger charge is 2.14. The van der Waals surface area contributed by atoms with E-state index in [9.17, 15) is 0 Å². The molecular weight excluding hydrogens is 266 g/mol. The number of rotatable bonds is 5. The van der Waals surface area contributed by atoms with E-state index in [0.29, 0.717) is 6.04 Å². The fourth-order valence-electron chi connectivity index (χ4n) is 2.31. The molecule has 0 aliphatic heterocycles. The van der Waals surface area contributed by atoms with Crippen molar-refractivity contribution >= 4 is 11.0 Å². The Labute approximate surface area is 122 Å². The van der Waals surface area contributed by atoms with Crippen molar-refractivity contribution in [2.24, 2.45) is 0 Å². The first-order chi connectivity index (χ1) is 10.2. The van der Waals surface area contributed by atoms with Gasteiger partial charge in [-0.25, -0.2) is 4.63 Å². The Morgan fingerprint density at radius 2 is 2.14 bits per heavy atom. The van der Waals surface area contributed by atoms with Crippen molar-refractivity contribution in [3.63, 3.8) is 0 Å². The molecule has 1 aromatic carbocycles. The first-order valence-electron chi connectivity index (χ1n) is 6.89. The zero-order valence-electron chi connectivity index (χ0n) is 12.1. The number of hydrogen-bond acceptors (Lipinski definition) is 6. The van der Waals surface area contributed by atoms with E-state index in [2.05, 4.69) is 45.2 Å². The number of benzene rings is 1. The van der Waals surface area contributed by atoms with Gasteiger partial charge in [-0.15, -0.1) is 0 Å². The molecule has 0 bridgehead atoms. The lowest BCUT2D eigenvalue weighted by Gasteiger charge is -2.24. The molecule has 0 spiro atoms. The minimum atomic E-state index is 0.344. The maximum atomic E-state index is 4.81. The Morgan fingerprint density at radius 1 is 1.24 bits per heavy atom. The molecule has 2 heterocycles. The predicted molar refractivity (Wildman–Crippen MR) is 78.5 cm³/mol. The lowest BCUT2D eigenvalue weighted by molar-refractivity contribution is 0.247. The summed E-state index contributed by atoms with van der Waals surface area (Å²) in [7, 11) is 2.09. The van der Waals surface area contributed by atoms with Gasteiger partial charge in [-0.2, -0.15) is 0 Å². The van der Waals surface area contributed by atoms with Crippen molar-refractivity contribution in [1.29, 1.82) is 0 Å². The van der Waals surface area contributed by atoms with Crippen LogP contribution in [0.15, 0.2) is 41.4 Å². The molecule has 2 aromatic heterocycles. The summed E-state index contributed by atoms with van der Waals surface area (Å²) in [5, 5.41) is 7.86. The van der Waals surface area contributed by atoms with Crippen LogP contribution >= 0.6 is 0 Å². The molecule has 3 rings (SSSR count). The van der Waals surface area contributed by atoms with Crippen molar-refractivity contribution in [2.75, 3.05) is 7.05 Å². The molecule has 21 heavy (non-hydrogen) atoms. The summed E-state index contributed by atoms with van der Waals surface area (Å²) in [6, 6.07) is 6.27. The van der Waals surface area contributed by atoms with E-state index in [1.54, 1.807) is 12.4 Å². The Bertz CT molecular complexity index is 712. The summed E-state index contributed by atoms with van der Waals surface area (Å²) in [5.41, 5.74) is 3.74. The standard InChI is InChI=1S/C15H17N5O/c1-11(8-13-9-16-6-7-17-13)20(2)10-12-4-3-5-14-15(12)19-21-18-14/h3-7,9,11H,8,10H2,1-2H3/t11-/m1/s1. The average molecular weight is 283 g/mol.